The normalized spacial score (nSPS) is 22.7. The number of carbonyl (C=O) groups excluding carboxylic acids is 2. The van der Waals surface area contributed by atoms with Crippen LogP contribution in [0.25, 0.3) is 0 Å². The van der Waals surface area contributed by atoms with Gasteiger partial charge in [0.05, 0.1) is 0 Å². The van der Waals surface area contributed by atoms with Gasteiger partial charge in [-0.3, -0.25) is 4.79 Å². The third kappa shape index (κ3) is 3.80. The lowest BCUT2D eigenvalue weighted by atomic mass is 10.0. The molecule has 3 aliphatic rings. The molecule has 1 saturated heterocycles. The van der Waals surface area contributed by atoms with E-state index < -0.39 is 0 Å². The smallest absolute Gasteiger partial charge is 0.318 e. The van der Waals surface area contributed by atoms with Gasteiger partial charge in [-0.25, -0.2) is 4.79 Å². The van der Waals surface area contributed by atoms with E-state index >= 15 is 0 Å². The molecule has 0 unspecified atom stereocenters. The summed E-state index contributed by atoms with van der Waals surface area (Å²) in [6, 6.07) is 8.61. The Hall–Kier alpha value is -2.04. The zero-order chi connectivity index (χ0) is 17.2. The van der Waals surface area contributed by atoms with E-state index in [1.54, 1.807) is 4.90 Å². The SMILES string of the molecule is O=C(NC1CC1)[C@H]1CCCN1C(=O)NCCC1Cc2ccccc2C1. The molecular formula is C20H27N3O2. The fourth-order valence-corrected chi connectivity index (χ4v) is 4.15. The Morgan fingerprint density at radius 3 is 2.48 bits per heavy atom. The summed E-state index contributed by atoms with van der Waals surface area (Å²) in [6.07, 6.45) is 7.07. The van der Waals surface area contributed by atoms with Gasteiger partial charge in [-0.05, 0) is 62.0 Å². The quantitative estimate of drug-likeness (QED) is 0.863. The van der Waals surface area contributed by atoms with Gasteiger partial charge in [0.1, 0.15) is 6.04 Å². The second-order valence-electron chi connectivity index (χ2n) is 7.70. The molecule has 1 heterocycles. The van der Waals surface area contributed by atoms with Crippen LogP contribution in [0.4, 0.5) is 4.79 Å². The van der Waals surface area contributed by atoms with E-state index in [2.05, 4.69) is 34.9 Å². The molecule has 5 heteroatoms. The van der Waals surface area contributed by atoms with Crippen LogP contribution in [0.3, 0.4) is 0 Å². The molecule has 0 aromatic heterocycles. The van der Waals surface area contributed by atoms with Gasteiger partial charge in [-0.1, -0.05) is 24.3 Å². The highest BCUT2D eigenvalue weighted by molar-refractivity contribution is 5.88. The Balaban J connectivity index is 1.23. The number of urea groups is 1. The van der Waals surface area contributed by atoms with Gasteiger partial charge in [-0.2, -0.15) is 0 Å². The summed E-state index contributed by atoms with van der Waals surface area (Å²) in [7, 11) is 0. The molecule has 0 bridgehead atoms. The number of fused-ring (bicyclic) bond motifs is 1. The zero-order valence-electron chi connectivity index (χ0n) is 14.7. The maximum atomic E-state index is 12.5. The first-order chi connectivity index (χ1) is 12.2. The molecule has 4 rings (SSSR count). The van der Waals surface area contributed by atoms with Gasteiger partial charge in [0.25, 0.3) is 0 Å². The van der Waals surface area contributed by atoms with Gasteiger partial charge in [0.2, 0.25) is 5.91 Å². The van der Waals surface area contributed by atoms with Gasteiger partial charge in [-0.15, -0.1) is 0 Å². The third-order valence-electron chi connectivity index (χ3n) is 5.70. The fraction of sp³-hybridized carbons (Fsp3) is 0.600. The van der Waals surface area contributed by atoms with Crippen molar-refractivity contribution >= 4 is 11.9 Å². The molecule has 2 fully saturated rings. The van der Waals surface area contributed by atoms with Crippen LogP contribution in [0.15, 0.2) is 24.3 Å². The Morgan fingerprint density at radius 2 is 1.80 bits per heavy atom. The summed E-state index contributed by atoms with van der Waals surface area (Å²) >= 11 is 0. The Morgan fingerprint density at radius 1 is 1.08 bits per heavy atom. The summed E-state index contributed by atoms with van der Waals surface area (Å²) in [6.45, 7) is 1.37. The first-order valence-electron chi connectivity index (χ1n) is 9.62. The van der Waals surface area contributed by atoms with Crippen LogP contribution >= 0.6 is 0 Å². The molecule has 0 radical (unpaired) electrons. The molecule has 1 atom stereocenters. The number of likely N-dealkylation sites (tertiary alicyclic amines) is 1. The Bertz CT molecular complexity index is 631. The molecule has 1 aromatic carbocycles. The number of hydrogen-bond donors (Lipinski definition) is 2. The summed E-state index contributed by atoms with van der Waals surface area (Å²) < 4.78 is 0. The lowest BCUT2D eigenvalue weighted by Gasteiger charge is -2.24. The number of benzene rings is 1. The average Bonchev–Trinajstić information content (AvgIpc) is 3.13. The minimum absolute atomic E-state index is 0.0291. The van der Waals surface area contributed by atoms with Gasteiger partial charge in [0, 0.05) is 19.1 Å². The minimum atomic E-state index is -0.281. The van der Waals surface area contributed by atoms with E-state index in [0.717, 1.165) is 44.9 Å². The first kappa shape index (κ1) is 16.4. The highest BCUT2D eigenvalue weighted by atomic mass is 16.2. The van der Waals surface area contributed by atoms with E-state index in [1.165, 1.54) is 11.1 Å². The van der Waals surface area contributed by atoms with Crippen LogP contribution in [0.2, 0.25) is 0 Å². The van der Waals surface area contributed by atoms with Crippen molar-refractivity contribution in [2.45, 2.75) is 57.0 Å². The minimum Gasteiger partial charge on any atom is -0.352 e. The van der Waals surface area contributed by atoms with Crippen molar-refractivity contribution in [1.82, 2.24) is 15.5 Å². The largest absolute Gasteiger partial charge is 0.352 e. The van der Waals surface area contributed by atoms with Crippen LogP contribution in [-0.4, -0.2) is 42.0 Å². The lowest BCUT2D eigenvalue weighted by Crippen LogP contribution is -2.50. The standard InChI is InChI=1S/C20H27N3O2/c24-19(22-17-7-8-17)18-6-3-11-23(18)20(25)21-10-9-14-12-15-4-1-2-5-16(15)13-14/h1-2,4-5,14,17-18H,3,6-13H2,(H,21,25)(H,22,24)/t18-/m1/s1. The highest BCUT2D eigenvalue weighted by Crippen LogP contribution is 2.28. The topological polar surface area (TPSA) is 61.4 Å². The van der Waals surface area contributed by atoms with E-state index in [0.29, 0.717) is 25.0 Å². The van der Waals surface area contributed by atoms with Crippen molar-refractivity contribution in [3.8, 4) is 0 Å². The molecule has 0 spiro atoms. The second kappa shape index (κ2) is 7.06. The number of rotatable bonds is 5. The van der Waals surface area contributed by atoms with Gasteiger partial charge >= 0.3 is 6.03 Å². The van der Waals surface area contributed by atoms with E-state index in [1.807, 2.05) is 0 Å². The molecule has 1 aliphatic heterocycles. The maximum absolute atomic E-state index is 12.5. The maximum Gasteiger partial charge on any atom is 0.318 e. The number of amides is 3. The number of hydrogen-bond acceptors (Lipinski definition) is 2. The highest BCUT2D eigenvalue weighted by Gasteiger charge is 2.36. The fourth-order valence-electron chi connectivity index (χ4n) is 4.15. The average molecular weight is 341 g/mol. The number of nitrogens with one attached hydrogen (secondary N) is 2. The Labute approximate surface area is 149 Å². The summed E-state index contributed by atoms with van der Waals surface area (Å²) in [5, 5.41) is 6.07. The van der Waals surface area contributed by atoms with E-state index in [4.69, 9.17) is 0 Å². The lowest BCUT2D eigenvalue weighted by molar-refractivity contribution is -0.124. The van der Waals surface area contributed by atoms with Crippen molar-refractivity contribution < 1.29 is 9.59 Å². The Kier molecular flexibility index (Phi) is 4.64. The second-order valence-corrected chi connectivity index (χ2v) is 7.70. The monoisotopic (exact) mass is 341 g/mol. The summed E-state index contributed by atoms with van der Waals surface area (Å²) in [5.74, 6) is 0.645. The molecule has 5 nitrogen and oxygen atoms in total. The van der Waals surface area contributed by atoms with Crippen molar-refractivity contribution in [2.75, 3.05) is 13.1 Å². The summed E-state index contributed by atoms with van der Waals surface area (Å²) in [5.41, 5.74) is 2.91. The van der Waals surface area contributed by atoms with Crippen LogP contribution in [0, 0.1) is 5.92 Å². The van der Waals surface area contributed by atoms with Crippen molar-refractivity contribution in [2.24, 2.45) is 5.92 Å². The molecule has 134 valence electrons. The van der Waals surface area contributed by atoms with E-state index in [9.17, 15) is 9.59 Å². The van der Waals surface area contributed by atoms with Crippen LogP contribution in [0.5, 0.6) is 0 Å². The predicted octanol–water partition coefficient (Wildman–Crippen LogP) is 2.24. The zero-order valence-corrected chi connectivity index (χ0v) is 14.7. The number of carbonyl (C=O) groups is 2. The van der Waals surface area contributed by atoms with Crippen LogP contribution in [-0.2, 0) is 17.6 Å². The molecule has 1 saturated carbocycles. The molecule has 25 heavy (non-hydrogen) atoms. The van der Waals surface area contributed by atoms with Gasteiger partial charge in [0.15, 0.2) is 0 Å². The third-order valence-corrected chi connectivity index (χ3v) is 5.70. The predicted molar refractivity (Wildman–Crippen MR) is 96.2 cm³/mol. The molecule has 1 aromatic rings. The van der Waals surface area contributed by atoms with Crippen molar-refractivity contribution in [3.05, 3.63) is 35.4 Å². The summed E-state index contributed by atoms with van der Waals surface area (Å²) in [4.78, 5) is 26.5. The first-order valence-corrected chi connectivity index (χ1v) is 9.62. The number of nitrogens with zero attached hydrogens (tertiary/aromatic N) is 1. The van der Waals surface area contributed by atoms with Gasteiger partial charge < -0.3 is 15.5 Å². The molecular weight excluding hydrogens is 314 g/mol. The molecule has 2 aliphatic carbocycles. The van der Waals surface area contributed by atoms with Crippen molar-refractivity contribution in [3.63, 3.8) is 0 Å². The van der Waals surface area contributed by atoms with Crippen LogP contribution < -0.4 is 10.6 Å². The molecule has 2 N–H and O–H groups in total. The van der Waals surface area contributed by atoms with Crippen molar-refractivity contribution in [1.29, 1.82) is 0 Å². The van der Waals surface area contributed by atoms with E-state index in [-0.39, 0.29) is 18.0 Å². The molecule has 3 amide bonds. The van der Waals surface area contributed by atoms with Crippen LogP contribution in [0.1, 0.15) is 43.2 Å².